The van der Waals surface area contributed by atoms with E-state index in [1.54, 1.807) is 13.8 Å². The highest BCUT2D eigenvalue weighted by atomic mass is 32.2. The summed E-state index contributed by atoms with van der Waals surface area (Å²) in [6, 6.07) is 6.75. The number of carboxylic acids is 1. The van der Waals surface area contributed by atoms with Gasteiger partial charge in [-0.05, 0) is 36.3 Å². The molecule has 0 aromatic heterocycles. The summed E-state index contributed by atoms with van der Waals surface area (Å²) in [4.78, 5) is 36.3. The molecule has 27 heavy (non-hydrogen) atoms. The van der Waals surface area contributed by atoms with Crippen LogP contribution in [0.2, 0.25) is 0 Å². The number of nitrogens with two attached hydrogens (primary N) is 1. The minimum absolute atomic E-state index is 0.274. The second-order valence-corrected chi connectivity index (χ2v) is 7.69. The molecule has 0 aliphatic carbocycles. The summed E-state index contributed by atoms with van der Waals surface area (Å²) in [7, 11) is 0. The summed E-state index contributed by atoms with van der Waals surface area (Å²) in [6.45, 7) is 3.43. The minimum atomic E-state index is -1.10. The van der Waals surface area contributed by atoms with E-state index in [-0.39, 0.29) is 5.92 Å². The van der Waals surface area contributed by atoms with Gasteiger partial charge >= 0.3 is 5.97 Å². The predicted molar refractivity (Wildman–Crippen MR) is 107 cm³/mol. The standard InChI is InChI=1S/C19H29N3O4S/c1-12(2)16(19(25)26)22-18(24)15(9-10-27-3)21-17(23)14(20)11-13-7-5-4-6-8-13/h4-8,12,14-16H,9-11,20H2,1-3H3,(H,21,23)(H,22,24)(H,25,26). The number of carbonyl (C=O) groups excluding carboxylic acids is 2. The van der Waals surface area contributed by atoms with Gasteiger partial charge in [-0.25, -0.2) is 4.79 Å². The van der Waals surface area contributed by atoms with Crippen LogP contribution < -0.4 is 16.4 Å². The van der Waals surface area contributed by atoms with Crippen LogP contribution >= 0.6 is 11.8 Å². The molecule has 8 heteroatoms. The molecule has 1 rings (SSSR count). The molecule has 0 fully saturated rings. The fourth-order valence-corrected chi connectivity index (χ4v) is 2.98. The Morgan fingerprint density at radius 1 is 1.11 bits per heavy atom. The Balaban J connectivity index is 2.75. The monoisotopic (exact) mass is 395 g/mol. The molecule has 0 bridgehead atoms. The van der Waals surface area contributed by atoms with E-state index in [9.17, 15) is 19.5 Å². The zero-order chi connectivity index (χ0) is 20.4. The third kappa shape index (κ3) is 8.01. The van der Waals surface area contributed by atoms with Gasteiger partial charge in [0, 0.05) is 0 Å². The van der Waals surface area contributed by atoms with Crippen LogP contribution in [0.3, 0.4) is 0 Å². The van der Waals surface area contributed by atoms with Crippen LogP contribution in [0.1, 0.15) is 25.8 Å². The van der Waals surface area contributed by atoms with Crippen LogP contribution in [0.25, 0.3) is 0 Å². The molecule has 3 unspecified atom stereocenters. The van der Waals surface area contributed by atoms with Crippen molar-refractivity contribution >= 4 is 29.5 Å². The Morgan fingerprint density at radius 3 is 2.26 bits per heavy atom. The smallest absolute Gasteiger partial charge is 0.326 e. The molecule has 3 atom stereocenters. The first-order chi connectivity index (χ1) is 12.8. The van der Waals surface area contributed by atoms with E-state index in [1.165, 1.54) is 11.8 Å². The molecule has 5 N–H and O–H groups in total. The lowest BCUT2D eigenvalue weighted by Gasteiger charge is -2.24. The molecule has 0 spiro atoms. The first-order valence-electron chi connectivity index (χ1n) is 8.88. The number of hydrogen-bond acceptors (Lipinski definition) is 5. The summed E-state index contributed by atoms with van der Waals surface area (Å²) >= 11 is 1.54. The van der Waals surface area contributed by atoms with E-state index in [0.717, 1.165) is 5.56 Å². The largest absolute Gasteiger partial charge is 0.480 e. The zero-order valence-electron chi connectivity index (χ0n) is 16.0. The molecule has 1 aromatic carbocycles. The second-order valence-electron chi connectivity index (χ2n) is 6.71. The van der Waals surface area contributed by atoms with Crippen LogP contribution in [0.15, 0.2) is 30.3 Å². The maximum atomic E-state index is 12.5. The van der Waals surface area contributed by atoms with Gasteiger partial charge in [-0.2, -0.15) is 11.8 Å². The van der Waals surface area contributed by atoms with Crippen molar-refractivity contribution in [1.29, 1.82) is 0 Å². The number of hydrogen-bond donors (Lipinski definition) is 4. The fourth-order valence-electron chi connectivity index (χ4n) is 2.51. The van der Waals surface area contributed by atoms with Gasteiger partial charge < -0.3 is 21.5 Å². The van der Waals surface area contributed by atoms with Crippen LogP contribution in [0, 0.1) is 5.92 Å². The number of amides is 2. The minimum Gasteiger partial charge on any atom is -0.480 e. The van der Waals surface area contributed by atoms with Gasteiger partial charge in [0.25, 0.3) is 0 Å². The summed E-state index contributed by atoms with van der Waals surface area (Å²) < 4.78 is 0. The number of carboxylic acid groups (broad SMARTS) is 1. The molecule has 0 aliphatic rings. The summed E-state index contributed by atoms with van der Waals surface area (Å²) in [6.07, 6.45) is 2.64. The van der Waals surface area contributed by atoms with Gasteiger partial charge in [0.15, 0.2) is 0 Å². The van der Waals surface area contributed by atoms with Gasteiger partial charge in [0.2, 0.25) is 11.8 Å². The quantitative estimate of drug-likeness (QED) is 0.444. The highest BCUT2D eigenvalue weighted by Crippen LogP contribution is 2.07. The molecule has 1 aromatic rings. The third-order valence-corrected chi connectivity index (χ3v) is 4.75. The molecule has 0 saturated carbocycles. The van der Waals surface area contributed by atoms with Crippen molar-refractivity contribution in [2.45, 2.75) is 44.8 Å². The van der Waals surface area contributed by atoms with Crippen LogP contribution in [-0.4, -0.2) is 53.0 Å². The lowest BCUT2D eigenvalue weighted by Crippen LogP contribution is -2.55. The first kappa shape index (κ1) is 23.0. The summed E-state index contributed by atoms with van der Waals surface area (Å²) in [5.74, 6) is -1.68. The third-order valence-electron chi connectivity index (χ3n) is 4.11. The molecule has 0 heterocycles. The molecule has 0 aliphatic heterocycles. The van der Waals surface area contributed by atoms with Crippen molar-refractivity contribution in [1.82, 2.24) is 10.6 Å². The number of benzene rings is 1. The van der Waals surface area contributed by atoms with Crippen molar-refractivity contribution in [3.8, 4) is 0 Å². The van der Waals surface area contributed by atoms with Gasteiger partial charge in [-0.3, -0.25) is 9.59 Å². The van der Waals surface area contributed by atoms with Crippen molar-refractivity contribution < 1.29 is 19.5 Å². The number of aliphatic carboxylic acids is 1. The predicted octanol–water partition coefficient (Wildman–Crippen LogP) is 1.02. The molecule has 150 valence electrons. The number of rotatable bonds is 11. The van der Waals surface area contributed by atoms with Gasteiger partial charge in [-0.1, -0.05) is 44.2 Å². The normalized spacial score (nSPS) is 14.3. The van der Waals surface area contributed by atoms with Crippen molar-refractivity contribution in [3.63, 3.8) is 0 Å². The molecule has 0 saturated heterocycles. The van der Waals surface area contributed by atoms with Crippen molar-refractivity contribution in [2.24, 2.45) is 11.7 Å². The Hall–Kier alpha value is -2.06. The summed E-state index contributed by atoms with van der Waals surface area (Å²) in [5, 5.41) is 14.4. The van der Waals surface area contributed by atoms with E-state index in [4.69, 9.17) is 5.73 Å². The molecular weight excluding hydrogens is 366 g/mol. The van der Waals surface area contributed by atoms with Gasteiger partial charge in [-0.15, -0.1) is 0 Å². The number of thioether (sulfide) groups is 1. The number of carbonyl (C=O) groups is 3. The maximum Gasteiger partial charge on any atom is 0.326 e. The van der Waals surface area contributed by atoms with Crippen LogP contribution in [-0.2, 0) is 20.8 Å². The lowest BCUT2D eigenvalue weighted by atomic mass is 10.0. The van der Waals surface area contributed by atoms with E-state index >= 15 is 0 Å². The summed E-state index contributed by atoms with van der Waals surface area (Å²) in [5.41, 5.74) is 6.91. The Labute approximate surface area is 164 Å². The average molecular weight is 396 g/mol. The lowest BCUT2D eigenvalue weighted by molar-refractivity contribution is -0.143. The molecule has 7 nitrogen and oxygen atoms in total. The fraction of sp³-hybridized carbons (Fsp3) is 0.526. The van der Waals surface area contributed by atoms with E-state index < -0.39 is 35.9 Å². The average Bonchev–Trinajstić information content (AvgIpc) is 2.62. The molecule has 2 amide bonds. The molecule has 0 radical (unpaired) electrons. The van der Waals surface area contributed by atoms with Crippen molar-refractivity contribution in [2.75, 3.05) is 12.0 Å². The first-order valence-corrected chi connectivity index (χ1v) is 10.3. The van der Waals surface area contributed by atoms with E-state index in [2.05, 4.69) is 10.6 Å². The Bertz CT molecular complexity index is 625. The van der Waals surface area contributed by atoms with Crippen molar-refractivity contribution in [3.05, 3.63) is 35.9 Å². The van der Waals surface area contributed by atoms with E-state index in [1.807, 2.05) is 36.6 Å². The topological polar surface area (TPSA) is 122 Å². The second kappa shape index (κ2) is 11.6. The van der Waals surface area contributed by atoms with E-state index in [0.29, 0.717) is 18.6 Å². The number of nitrogens with one attached hydrogen (secondary N) is 2. The Kier molecular flexibility index (Phi) is 9.88. The zero-order valence-corrected chi connectivity index (χ0v) is 16.8. The highest BCUT2D eigenvalue weighted by Gasteiger charge is 2.29. The van der Waals surface area contributed by atoms with Gasteiger partial charge in [0.1, 0.15) is 12.1 Å². The highest BCUT2D eigenvalue weighted by molar-refractivity contribution is 7.98. The van der Waals surface area contributed by atoms with Gasteiger partial charge in [0.05, 0.1) is 6.04 Å². The Morgan fingerprint density at radius 2 is 1.74 bits per heavy atom. The van der Waals surface area contributed by atoms with Crippen LogP contribution in [0.5, 0.6) is 0 Å². The maximum absolute atomic E-state index is 12.5. The van der Waals surface area contributed by atoms with Crippen LogP contribution in [0.4, 0.5) is 0 Å². The SMILES string of the molecule is CSCCC(NC(=O)C(N)Cc1ccccc1)C(=O)NC(C(=O)O)C(C)C. The molecular formula is C19H29N3O4S.